The topological polar surface area (TPSA) is 57.5 Å². The van der Waals surface area contributed by atoms with E-state index in [1.807, 2.05) is 0 Å². The third-order valence-electron chi connectivity index (χ3n) is 2.49. The lowest BCUT2D eigenvalue weighted by Gasteiger charge is -2.29. The van der Waals surface area contributed by atoms with Crippen LogP contribution in [-0.2, 0) is 10.2 Å². The average molecular weight is 229 g/mol. The molecule has 1 atom stereocenters. The van der Waals surface area contributed by atoms with Crippen LogP contribution in [-0.4, -0.2) is 22.3 Å². The molecule has 0 amide bonds. The summed E-state index contributed by atoms with van der Waals surface area (Å²) < 4.78 is 0. The first kappa shape index (κ1) is 12.0. The molecule has 1 aromatic rings. The summed E-state index contributed by atoms with van der Waals surface area (Å²) in [7, 11) is 0. The minimum absolute atomic E-state index is 0.461. The number of hydrogen-bond acceptors (Lipinski definition) is 2. The van der Waals surface area contributed by atoms with E-state index in [0.29, 0.717) is 10.6 Å². The van der Waals surface area contributed by atoms with Crippen molar-refractivity contribution < 1.29 is 15.0 Å². The monoisotopic (exact) mass is 228 g/mol. The first-order valence-electron chi connectivity index (χ1n) is 4.53. The molecule has 0 fully saturated rings. The summed E-state index contributed by atoms with van der Waals surface area (Å²) in [4.78, 5) is 10.7. The molecule has 0 saturated carbocycles. The molecular weight excluding hydrogens is 216 g/mol. The van der Waals surface area contributed by atoms with Gasteiger partial charge in [-0.15, -0.1) is 0 Å². The van der Waals surface area contributed by atoms with Gasteiger partial charge in [-0.2, -0.15) is 0 Å². The van der Waals surface area contributed by atoms with Crippen LogP contribution < -0.4 is 0 Å². The van der Waals surface area contributed by atoms with Crippen molar-refractivity contribution in [2.45, 2.75) is 25.4 Å². The van der Waals surface area contributed by atoms with Crippen molar-refractivity contribution in [1.29, 1.82) is 0 Å². The average Bonchev–Trinajstić information content (AvgIpc) is 2.16. The number of aliphatic hydroxyl groups excluding tert-OH is 1. The molecule has 0 saturated heterocycles. The zero-order valence-corrected chi connectivity index (χ0v) is 9.32. The summed E-state index contributed by atoms with van der Waals surface area (Å²) in [6.07, 6.45) is -1.47. The van der Waals surface area contributed by atoms with Crippen LogP contribution in [0.5, 0.6) is 0 Å². The molecule has 4 heteroatoms. The number of rotatable bonds is 3. The molecular formula is C11H13ClO3. The van der Waals surface area contributed by atoms with Crippen LogP contribution in [0.4, 0.5) is 0 Å². The molecule has 82 valence electrons. The Morgan fingerprint density at radius 2 is 1.93 bits per heavy atom. The molecule has 0 bridgehead atoms. The van der Waals surface area contributed by atoms with Gasteiger partial charge in [0.15, 0.2) is 6.10 Å². The molecule has 0 aromatic heterocycles. The first-order chi connectivity index (χ1) is 6.87. The standard InChI is InChI=1S/C11H13ClO3/c1-11(2,9(13)10(14)15)7-5-3-4-6-8(7)12/h3-6,9,13H,1-2H3,(H,14,15). The van der Waals surface area contributed by atoms with E-state index in [0.717, 1.165) is 0 Å². The fraction of sp³-hybridized carbons (Fsp3) is 0.364. The van der Waals surface area contributed by atoms with Gasteiger partial charge in [0, 0.05) is 10.4 Å². The number of aliphatic carboxylic acids is 1. The highest BCUT2D eigenvalue weighted by Gasteiger charge is 2.36. The van der Waals surface area contributed by atoms with Crippen molar-refractivity contribution in [3.05, 3.63) is 34.9 Å². The van der Waals surface area contributed by atoms with E-state index in [2.05, 4.69) is 0 Å². The van der Waals surface area contributed by atoms with E-state index >= 15 is 0 Å². The zero-order chi connectivity index (χ0) is 11.6. The van der Waals surface area contributed by atoms with Crippen LogP contribution in [0.25, 0.3) is 0 Å². The number of carbonyl (C=O) groups is 1. The summed E-state index contributed by atoms with van der Waals surface area (Å²) >= 11 is 5.95. The normalized spacial score (nSPS) is 13.6. The Bertz CT molecular complexity index is 374. The van der Waals surface area contributed by atoms with Crippen molar-refractivity contribution in [3.8, 4) is 0 Å². The minimum Gasteiger partial charge on any atom is -0.479 e. The van der Waals surface area contributed by atoms with Crippen molar-refractivity contribution >= 4 is 17.6 Å². The van der Waals surface area contributed by atoms with Gasteiger partial charge in [-0.05, 0) is 11.6 Å². The quantitative estimate of drug-likeness (QED) is 0.833. The van der Waals surface area contributed by atoms with E-state index in [1.54, 1.807) is 38.1 Å². The second-order valence-electron chi connectivity index (χ2n) is 3.94. The highest BCUT2D eigenvalue weighted by atomic mass is 35.5. The second-order valence-corrected chi connectivity index (χ2v) is 4.35. The minimum atomic E-state index is -1.47. The maximum atomic E-state index is 10.7. The fourth-order valence-electron chi connectivity index (χ4n) is 1.44. The molecule has 15 heavy (non-hydrogen) atoms. The van der Waals surface area contributed by atoms with Gasteiger partial charge in [-0.25, -0.2) is 4.79 Å². The maximum Gasteiger partial charge on any atom is 0.333 e. The molecule has 0 radical (unpaired) electrons. The SMILES string of the molecule is CC(C)(c1ccccc1Cl)C(O)C(=O)O. The molecule has 1 rings (SSSR count). The van der Waals surface area contributed by atoms with Gasteiger partial charge in [-0.1, -0.05) is 43.6 Å². The Morgan fingerprint density at radius 1 is 1.40 bits per heavy atom. The van der Waals surface area contributed by atoms with Gasteiger partial charge in [0.2, 0.25) is 0 Å². The van der Waals surface area contributed by atoms with Crippen LogP contribution in [0, 0.1) is 0 Å². The molecule has 2 N–H and O–H groups in total. The lowest BCUT2D eigenvalue weighted by molar-refractivity contribution is -0.150. The number of halogens is 1. The Labute approximate surface area is 93.3 Å². The summed E-state index contributed by atoms with van der Waals surface area (Å²) in [5.74, 6) is -1.25. The summed E-state index contributed by atoms with van der Waals surface area (Å²) in [6.45, 7) is 3.29. The van der Waals surface area contributed by atoms with Gasteiger partial charge in [0.1, 0.15) is 0 Å². The predicted molar refractivity (Wildman–Crippen MR) is 58.1 cm³/mol. The molecule has 1 aromatic carbocycles. The number of benzene rings is 1. The highest BCUT2D eigenvalue weighted by Crippen LogP contribution is 2.32. The van der Waals surface area contributed by atoms with E-state index < -0.39 is 17.5 Å². The van der Waals surface area contributed by atoms with E-state index in [4.69, 9.17) is 16.7 Å². The lowest BCUT2D eigenvalue weighted by Crippen LogP contribution is -2.40. The van der Waals surface area contributed by atoms with Crippen LogP contribution in [0.2, 0.25) is 5.02 Å². The smallest absolute Gasteiger partial charge is 0.333 e. The zero-order valence-electron chi connectivity index (χ0n) is 8.57. The predicted octanol–water partition coefficient (Wildman–Crippen LogP) is 2.06. The molecule has 0 aliphatic carbocycles. The van der Waals surface area contributed by atoms with Crippen molar-refractivity contribution in [3.63, 3.8) is 0 Å². The number of carboxylic acid groups (broad SMARTS) is 1. The summed E-state index contributed by atoms with van der Waals surface area (Å²) in [6, 6.07) is 6.91. The van der Waals surface area contributed by atoms with Crippen LogP contribution in [0.3, 0.4) is 0 Å². The third-order valence-corrected chi connectivity index (χ3v) is 2.82. The van der Waals surface area contributed by atoms with Crippen molar-refractivity contribution in [2.24, 2.45) is 0 Å². The molecule has 3 nitrogen and oxygen atoms in total. The number of carboxylic acids is 1. The fourth-order valence-corrected chi connectivity index (χ4v) is 1.82. The van der Waals surface area contributed by atoms with E-state index in [9.17, 15) is 9.90 Å². The Morgan fingerprint density at radius 3 is 2.40 bits per heavy atom. The van der Waals surface area contributed by atoms with Gasteiger partial charge in [0.05, 0.1) is 0 Å². The number of aliphatic hydroxyl groups is 1. The molecule has 0 heterocycles. The van der Waals surface area contributed by atoms with E-state index in [-0.39, 0.29) is 0 Å². The molecule has 0 aliphatic rings. The van der Waals surface area contributed by atoms with Crippen molar-refractivity contribution in [1.82, 2.24) is 0 Å². The largest absolute Gasteiger partial charge is 0.479 e. The van der Waals surface area contributed by atoms with Crippen LogP contribution >= 0.6 is 11.6 Å². The van der Waals surface area contributed by atoms with Gasteiger partial charge >= 0.3 is 5.97 Å². The van der Waals surface area contributed by atoms with Crippen LogP contribution in [0.15, 0.2) is 24.3 Å². The third kappa shape index (κ3) is 2.30. The molecule has 0 spiro atoms. The Balaban J connectivity index is 3.16. The van der Waals surface area contributed by atoms with Crippen LogP contribution in [0.1, 0.15) is 19.4 Å². The summed E-state index contributed by atoms with van der Waals surface area (Å²) in [5, 5.41) is 18.8. The second kappa shape index (κ2) is 4.21. The highest BCUT2D eigenvalue weighted by molar-refractivity contribution is 6.31. The van der Waals surface area contributed by atoms with Crippen molar-refractivity contribution in [2.75, 3.05) is 0 Å². The number of hydrogen-bond donors (Lipinski definition) is 2. The Hall–Kier alpha value is -1.06. The lowest BCUT2D eigenvalue weighted by atomic mass is 9.79. The van der Waals surface area contributed by atoms with Gasteiger partial charge in [-0.3, -0.25) is 0 Å². The molecule has 0 aliphatic heterocycles. The van der Waals surface area contributed by atoms with Gasteiger partial charge in [0.25, 0.3) is 0 Å². The summed E-state index contributed by atoms with van der Waals surface area (Å²) in [5.41, 5.74) is -0.286. The Kier molecular flexibility index (Phi) is 3.37. The first-order valence-corrected chi connectivity index (χ1v) is 4.91. The van der Waals surface area contributed by atoms with E-state index in [1.165, 1.54) is 0 Å². The van der Waals surface area contributed by atoms with Gasteiger partial charge < -0.3 is 10.2 Å². The molecule has 1 unspecified atom stereocenters. The maximum absolute atomic E-state index is 10.7.